The van der Waals surface area contributed by atoms with Crippen LogP contribution >= 0.6 is 0 Å². The first-order valence-corrected chi connectivity index (χ1v) is 10.3. The van der Waals surface area contributed by atoms with E-state index in [4.69, 9.17) is 4.74 Å². The van der Waals surface area contributed by atoms with Crippen LogP contribution < -0.4 is 0 Å². The minimum absolute atomic E-state index is 0.0161. The van der Waals surface area contributed by atoms with Crippen LogP contribution in [-0.2, 0) is 9.53 Å². The Kier molecular flexibility index (Phi) is 17.4. The van der Waals surface area contributed by atoms with Crippen molar-refractivity contribution in [2.45, 2.75) is 117 Å². The predicted molar refractivity (Wildman–Crippen MR) is 101 cm³/mol. The molecule has 0 aliphatic carbocycles. The molecule has 0 aromatic rings. The molecule has 2 nitrogen and oxygen atoms in total. The lowest BCUT2D eigenvalue weighted by Crippen LogP contribution is -2.09. The van der Waals surface area contributed by atoms with Crippen LogP contribution in [0.15, 0.2) is 0 Å². The number of hydrogen-bond acceptors (Lipinski definition) is 2. The molecule has 0 N–H and O–H groups in total. The van der Waals surface area contributed by atoms with Gasteiger partial charge in [-0.05, 0) is 12.3 Å². The van der Waals surface area contributed by atoms with E-state index in [1.165, 1.54) is 83.5 Å². The van der Waals surface area contributed by atoms with Gasteiger partial charge in [0.2, 0.25) is 0 Å². The summed E-state index contributed by atoms with van der Waals surface area (Å²) in [6.07, 6.45) is 19.5. The molecule has 0 aromatic carbocycles. The maximum Gasteiger partial charge on any atom is 0.305 e. The molecule has 0 aromatic heterocycles. The first-order chi connectivity index (χ1) is 11.2. The number of esters is 1. The SMILES string of the molecule is CCCCCCCCCCCCCCCCC(=O)OCC(C)C. The summed E-state index contributed by atoms with van der Waals surface area (Å²) in [4.78, 5) is 11.4. The van der Waals surface area contributed by atoms with Gasteiger partial charge in [0, 0.05) is 6.42 Å². The fourth-order valence-corrected chi connectivity index (χ4v) is 2.80. The van der Waals surface area contributed by atoms with Crippen LogP contribution in [0.2, 0.25) is 0 Å². The Bertz CT molecular complexity index is 248. The molecule has 0 amide bonds. The fraction of sp³-hybridized carbons (Fsp3) is 0.952. The van der Waals surface area contributed by atoms with Gasteiger partial charge in [0.05, 0.1) is 6.61 Å². The molecule has 0 spiro atoms. The Morgan fingerprint density at radius 2 is 1.09 bits per heavy atom. The summed E-state index contributed by atoms with van der Waals surface area (Å²) in [6, 6.07) is 0. The highest BCUT2D eigenvalue weighted by atomic mass is 16.5. The minimum Gasteiger partial charge on any atom is -0.465 e. The van der Waals surface area contributed by atoms with E-state index in [0.29, 0.717) is 18.9 Å². The zero-order valence-electron chi connectivity index (χ0n) is 16.2. The molecule has 0 atom stereocenters. The highest BCUT2D eigenvalue weighted by molar-refractivity contribution is 5.69. The first-order valence-electron chi connectivity index (χ1n) is 10.3. The van der Waals surface area contributed by atoms with Gasteiger partial charge >= 0.3 is 5.97 Å². The quantitative estimate of drug-likeness (QED) is 0.211. The largest absolute Gasteiger partial charge is 0.465 e. The van der Waals surface area contributed by atoms with Gasteiger partial charge in [0.15, 0.2) is 0 Å². The van der Waals surface area contributed by atoms with Crippen molar-refractivity contribution in [1.82, 2.24) is 0 Å². The van der Waals surface area contributed by atoms with E-state index in [-0.39, 0.29) is 5.97 Å². The maximum absolute atomic E-state index is 11.4. The van der Waals surface area contributed by atoms with Crippen molar-refractivity contribution in [1.29, 1.82) is 0 Å². The zero-order chi connectivity index (χ0) is 17.2. The van der Waals surface area contributed by atoms with Gasteiger partial charge in [-0.3, -0.25) is 4.79 Å². The Balaban J connectivity index is 3.09. The second-order valence-electron chi connectivity index (χ2n) is 7.42. The third kappa shape index (κ3) is 19.4. The van der Waals surface area contributed by atoms with Crippen molar-refractivity contribution in [3.05, 3.63) is 0 Å². The summed E-state index contributed by atoms with van der Waals surface area (Å²) in [7, 11) is 0. The molecular formula is C21H42O2. The normalized spacial score (nSPS) is 11.1. The van der Waals surface area contributed by atoms with Crippen LogP contribution in [0, 0.1) is 5.92 Å². The number of ether oxygens (including phenoxy) is 1. The summed E-state index contributed by atoms with van der Waals surface area (Å²) in [5.74, 6) is 0.424. The lowest BCUT2D eigenvalue weighted by molar-refractivity contribution is -0.144. The fourth-order valence-electron chi connectivity index (χ4n) is 2.80. The number of hydrogen-bond donors (Lipinski definition) is 0. The summed E-state index contributed by atoms with van der Waals surface area (Å²) in [5.41, 5.74) is 0. The average molecular weight is 327 g/mol. The molecule has 0 saturated heterocycles. The molecule has 0 heterocycles. The lowest BCUT2D eigenvalue weighted by atomic mass is 10.0. The summed E-state index contributed by atoms with van der Waals surface area (Å²) >= 11 is 0. The van der Waals surface area contributed by atoms with Gasteiger partial charge in [0.1, 0.15) is 0 Å². The molecule has 0 fully saturated rings. The lowest BCUT2D eigenvalue weighted by Gasteiger charge is -2.07. The maximum atomic E-state index is 11.4. The second kappa shape index (κ2) is 17.8. The average Bonchev–Trinajstić information content (AvgIpc) is 2.53. The standard InChI is InChI=1S/C21H42O2/c1-4-5-6-7-8-9-10-11-12-13-14-15-16-17-18-21(22)23-19-20(2)3/h20H,4-19H2,1-3H3. The van der Waals surface area contributed by atoms with Crippen LogP contribution in [0.5, 0.6) is 0 Å². The van der Waals surface area contributed by atoms with E-state index >= 15 is 0 Å². The monoisotopic (exact) mass is 326 g/mol. The molecule has 23 heavy (non-hydrogen) atoms. The van der Waals surface area contributed by atoms with Gasteiger partial charge in [-0.25, -0.2) is 0 Å². The molecule has 0 unspecified atom stereocenters. The van der Waals surface area contributed by atoms with E-state index in [1.54, 1.807) is 0 Å². The first kappa shape index (κ1) is 22.5. The van der Waals surface area contributed by atoms with Crippen LogP contribution in [0.4, 0.5) is 0 Å². The van der Waals surface area contributed by atoms with Crippen molar-refractivity contribution in [2.75, 3.05) is 6.61 Å². The molecule has 0 bridgehead atoms. The van der Waals surface area contributed by atoms with E-state index in [0.717, 1.165) is 6.42 Å². The third-order valence-corrected chi connectivity index (χ3v) is 4.31. The molecule has 0 rings (SSSR count). The molecule has 0 radical (unpaired) electrons. The van der Waals surface area contributed by atoms with Crippen molar-refractivity contribution >= 4 is 5.97 Å². The van der Waals surface area contributed by atoms with Crippen LogP contribution in [-0.4, -0.2) is 12.6 Å². The van der Waals surface area contributed by atoms with Crippen molar-refractivity contribution in [3.8, 4) is 0 Å². The second-order valence-corrected chi connectivity index (χ2v) is 7.42. The smallest absolute Gasteiger partial charge is 0.305 e. The van der Waals surface area contributed by atoms with Gasteiger partial charge in [-0.1, -0.05) is 104 Å². The van der Waals surface area contributed by atoms with E-state index < -0.39 is 0 Å². The van der Waals surface area contributed by atoms with Gasteiger partial charge in [-0.15, -0.1) is 0 Å². The number of unbranched alkanes of at least 4 members (excludes halogenated alkanes) is 13. The van der Waals surface area contributed by atoms with E-state index in [1.807, 2.05) is 0 Å². The van der Waals surface area contributed by atoms with Crippen molar-refractivity contribution in [2.24, 2.45) is 5.92 Å². The summed E-state index contributed by atoms with van der Waals surface area (Å²) < 4.78 is 5.18. The Labute approximate surface area is 145 Å². The number of carbonyl (C=O) groups is 1. The molecule has 0 saturated carbocycles. The van der Waals surface area contributed by atoms with Crippen molar-refractivity contribution in [3.63, 3.8) is 0 Å². The Morgan fingerprint density at radius 3 is 1.48 bits per heavy atom. The Hall–Kier alpha value is -0.530. The highest BCUT2D eigenvalue weighted by Gasteiger charge is 2.03. The van der Waals surface area contributed by atoms with Crippen LogP contribution in [0.25, 0.3) is 0 Å². The predicted octanol–water partition coefficient (Wildman–Crippen LogP) is 7.06. The molecule has 2 heteroatoms. The van der Waals surface area contributed by atoms with Crippen molar-refractivity contribution < 1.29 is 9.53 Å². The third-order valence-electron chi connectivity index (χ3n) is 4.31. The van der Waals surface area contributed by atoms with Gasteiger partial charge in [-0.2, -0.15) is 0 Å². The molecular weight excluding hydrogens is 284 g/mol. The number of carbonyl (C=O) groups excluding carboxylic acids is 1. The van der Waals surface area contributed by atoms with Crippen LogP contribution in [0.1, 0.15) is 117 Å². The highest BCUT2D eigenvalue weighted by Crippen LogP contribution is 2.13. The van der Waals surface area contributed by atoms with Crippen LogP contribution in [0.3, 0.4) is 0 Å². The molecule has 0 aliphatic rings. The number of rotatable bonds is 17. The summed E-state index contributed by atoms with van der Waals surface area (Å²) in [6.45, 7) is 6.98. The minimum atomic E-state index is -0.0161. The topological polar surface area (TPSA) is 26.3 Å². The summed E-state index contributed by atoms with van der Waals surface area (Å²) in [5, 5.41) is 0. The van der Waals surface area contributed by atoms with Gasteiger partial charge in [0.25, 0.3) is 0 Å². The zero-order valence-corrected chi connectivity index (χ0v) is 16.2. The van der Waals surface area contributed by atoms with Gasteiger partial charge < -0.3 is 4.74 Å². The van der Waals surface area contributed by atoms with E-state index in [9.17, 15) is 4.79 Å². The molecule has 138 valence electrons. The van der Waals surface area contributed by atoms with E-state index in [2.05, 4.69) is 20.8 Å². The molecule has 0 aliphatic heterocycles. The Morgan fingerprint density at radius 1 is 0.696 bits per heavy atom.